The van der Waals surface area contributed by atoms with Crippen molar-refractivity contribution in [2.45, 2.75) is 45.6 Å². The maximum atomic E-state index is 14.4. The molecule has 2 atom stereocenters. The predicted octanol–water partition coefficient (Wildman–Crippen LogP) is 4.57. The fraction of sp³-hybridized carbons (Fsp3) is 0.400. The van der Waals surface area contributed by atoms with Crippen LogP contribution in [0.3, 0.4) is 0 Å². The molecule has 0 radical (unpaired) electrons. The van der Waals surface area contributed by atoms with Crippen LogP contribution in [0, 0.1) is 11.7 Å². The van der Waals surface area contributed by atoms with Crippen LogP contribution < -0.4 is 10.1 Å². The van der Waals surface area contributed by atoms with Crippen LogP contribution in [0.5, 0.6) is 11.5 Å². The van der Waals surface area contributed by atoms with Gasteiger partial charge in [0.25, 0.3) is 0 Å². The third kappa shape index (κ3) is 6.39. The lowest BCUT2D eigenvalue weighted by molar-refractivity contribution is -0.134. The monoisotopic (exact) mass is 439 g/mol. The van der Waals surface area contributed by atoms with Gasteiger partial charge in [0.15, 0.2) is 11.6 Å². The van der Waals surface area contributed by atoms with Crippen LogP contribution in [-0.4, -0.2) is 40.8 Å². The minimum absolute atomic E-state index is 0.0124. The van der Waals surface area contributed by atoms with Crippen LogP contribution in [0.4, 0.5) is 4.39 Å². The first-order chi connectivity index (χ1) is 15.5. The minimum atomic E-state index is -0.529. The third-order valence-corrected chi connectivity index (χ3v) is 5.60. The largest absolute Gasteiger partial charge is 0.453 e. The smallest absolute Gasteiger partial charge is 0.246 e. The van der Waals surface area contributed by atoms with Crippen molar-refractivity contribution in [2.75, 3.05) is 13.1 Å². The van der Waals surface area contributed by atoms with Crippen LogP contribution in [0.15, 0.2) is 48.8 Å². The summed E-state index contributed by atoms with van der Waals surface area (Å²) in [5.74, 6) is -0.362. The first-order valence-corrected chi connectivity index (χ1v) is 11.1. The number of halogens is 1. The standard InChI is InChI=1S/C25H30FN3O3/c1-3-4-14-28-25(31)20-10-7-18(2)29(17-20)24(30)12-9-19-8-11-23(22(26)15-19)32-21-6-5-13-27-16-21/h5-6,8-9,11-13,15-16,18,20H,3-4,7,10,14,17H2,1-2H3,(H,28,31)/b12-9+. The number of amides is 2. The SMILES string of the molecule is CCCCNC(=O)C1CCC(C)N(C(=O)/C=C/c2ccc(Oc3cccnc3)c(F)c2)C1. The van der Waals surface area contributed by atoms with E-state index in [9.17, 15) is 14.0 Å². The quantitative estimate of drug-likeness (QED) is 0.483. The molecule has 1 aromatic carbocycles. The fourth-order valence-electron chi connectivity index (χ4n) is 3.66. The number of ether oxygens (including phenoxy) is 1. The van der Waals surface area contributed by atoms with E-state index in [-0.39, 0.29) is 29.5 Å². The number of aromatic nitrogens is 1. The highest BCUT2D eigenvalue weighted by atomic mass is 19.1. The van der Waals surface area contributed by atoms with Gasteiger partial charge in [0.1, 0.15) is 5.75 Å². The molecule has 2 heterocycles. The molecule has 1 aromatic heterocycles. The van der Waals surface area contributed by atoms with E-state index < -0.39 is 5.82 Å². The Hall–Kier alpha value is -3.22. The van der Waals surface area contributed by atoms with Crippen molar-refractivity contribution in [2.24, 2.45) is 5.92 Å². The number of likely N-dealkylation sites (tertiary alicyclic amines) is 1. The molecule has 0 bridgehead atoms. The fourth-order valence-corrected chi connectivity index (χ4v) is 3.66. The molecule has 6 nitrogen and oxygen atoms in total. The van der Waals surface area contributed by atoms with E-state index in [1.54, 1.807) is 35.4 Å². The number of carbonyl (C=O) groups is 2. The van der Waals surface area contributed by atoms with Gasteiger partial charge in [0.05, 0.1) is 12.1 Å². The predicted molar refractivity (Wildman–Crippen MR) is 122 cm³/mol. The summed E-state index contributed by atoms with van der Waals surface area (Å²) in [5.41, 5.74) is 0.549. The number of unbranched alkanes of at least 4 members (excludes halogenated alkanes) is 1. The topological polar surface area (TPSA) is 71.5 Å². The molecule has 0 spiro atoms. The molecule has 1 saturated heterocycles. The second-order valence-electron chi connectivity index (χ2n) is 8.07. The molecule has 1 fully saturated rings. The summed E-state index contributed by atoms with van der Waals surface area (Å²) < 4.78 is 19.9. The Kier molecular flexibility index (Phi) is 8.36. The first kappa shape index (κ1) is 23.4. The lowest BCUT2D eigenvalue weighted by Gasteiger charge is -2.36. The van der Waals surface area contributed by atoms with Gasteiger partial charge in [-0.3, -0.25) is 14.6 Å². The summed E-state index contributed by atoms with van der Waals surface area (Å²) in [7, 11) is 0. The van der Waals surface area contributed by atoms with Gasteiger partial charge in [0.2, 0.25) is 11.8 Å². The molecule has 7 heteroatoms. The van der Waals surface area contributed by atoms with Crippen LogP contribution in [0.2, 0.25) is 0 Å². The van der Waals surface area contributed by atoms with Crippen LogP contribution in [0.1, 0.15) is 45.1 Å². The number of hydrogen-bond acceptors (Lipinski definition) is 4. The number of nitrogens with zero attached hydrogens (tertiary/aromatic N) is 2. The van der Waals surface area contributed by atoms with Gasteiger partial charge in [-0.05, 0) is 62.1 Å². The van der Waals surface area contributed by atoms with E-state index in [1.165, 1.54) is 24.4 Å². The summed E-state index contributed by atoms with van der Waals surface area (Å²) in [6, 6.07) is 7.97. The Morgan fingerprint density at radius 3 is 2.88 bits per heavy atom. The molecule has 2 aromatic rings. The van der Waals surface area contributed by atoms with Gasteiger partial charge < -0.3 is 15.0 Å². The molecule has 1 aliphatic heterocycles. The molecule has 170 valence electrons. The number of rotatable bonds is 8. The van der Waals surface area contributed by atoms with Gasteiger partial charge >= 0.3 is 0 Å². The number of hydrogen-bond donors (Lipinski definition) is 1. The van der Waals surface area contributed by atoms with Gasteiger partial charge in [0, 0.05) is 31.4 Å². The molecular formula is C25H30FN3O3. The first-order valence-electron chi connectivity index (χ1n) is 11.1. The summed E-state index contributed by atoms with van der Waals surface area (Å²) in [6.45, 7) is 5.13. The van der Waals surface area contributed by atoms with E-state index in [0.29, 0.717) is 24.4 Å². The molecule has 0 aliphatic carbocycles. The van der Waals surface area contributed by atoms with E-state index in [1.807, 2.05) is 6.92 Å². The normalized spacial score (nSPS) is 18.5. The average Bonchev–Trinajstić information content (AvgIpc) is 2.80. The van der Waals surface area contributed by atoms with Crippen LogP contribution in [-0.2, 0) is 9.59 Å². The number of piperidine rings is 1. The van der Waals surface area contributed by atoms with E-state index in [4.69, 9.17) is 4.74 Å². The summed E-state index contributed by atoms with van der Waals surface area (Å²) >= 11 is 0. The van der Waals surface area contributed by atoms with Crippen molar-refractivity contribution >= 4 is 17.9 Å². The Labute approximate surface area is 188 Å². The Balaban J connectivity index is 1.60. The number of benzene rings is 1. The summed E-state index contributed by atoms with van der Waals surface area (Å²) in [5, 5.41) is 2.96. The van der Waals surface area contributed by atoms with Crippen molar-refractivity contribution in [1.82, 2.24) is 15.2 Å². The van der Waals surface area contributed by atoms with Crippen molar-refractivity contribution in [1.29, 1.82) is 0 Å². The second-order valence-corrected chi connectivity index (χ2v) is 8.07. The number of nitrogens with one attached hydrogen (secondary N) is 1. The lowest BCUT2D eigenvalue weighted by atomic mass is 9.92. The second kappa shape index (κ2) is 11.4. The zero-order chi connectivity index (χ0) is 22.9. The molecule has 2 amide bonds. The maximum absolute atomic E-state index is 14.4. The van der Waals surface area contributed by atoms with E-state index in [2.05, 4.69) is 17.2 Å². The Morgan fingerprint density at radius 1 is 1.31 bits per heavy atom. The maximum Gasteiger partial charge on any atom is 0.246 e. The average molecular weight is 440 g/mol. The van der Waals surface area contributed by atoms with Crippen LogP contribution in [0.25, 0.3) is 6.08 Å². The summed E-state index contributed by atoms with van der Waals surface area (Å²) in [4.78, 5) is 30.8. The zero-order valence-corrected chi connectivity index (χ0v) is 18.6. The molecule has 0 saturated carbocycles. The zero-order valence-electron chi connectivity index (χ0n) is 18.6. The van der Waals surface area contributed by atoms with Gasteiger partial charge in [-0.25, -0.2) is 4.39 Å². The summed E-state index contributed by atoms with van der Waals surface area (Å²) in [6.07, 6.45) is 9.65. The third-order valence-electron chi connectivity index (χ3n) is 5.60. The highest BCUT2D eigenvalue weighted by Gasteiger charge is 2.31. The lowest BCUT2D eigenvalue weighted by Crippen LogP contribution is -2.49. The van der Waals surface area contributed by atoms with Crippen molar-refractivity contribution in [3.05, 3.63) is 60.2 Å². The van der Waals surface area contributed by atoms with Crippen molar-refractivity contribution in [3.63, 3.8) is 0 Å². The minimum Gasteiger partial charge on any atom is -0.453 e. The van der Waals surface area contributed by atoms with Gasteiger partial charge in [-0.1, -0.05) is 19.4 Å². The van der Waals surface area contributed by atoms with Gasteiger partial charge in [-0.2, -0.15) is 0 Å². The van der Waals surface area contributed by atoms with Crippen LogP contribution >= 0.6 is 0 Å². The highest BCUT2D eigenvalue weighted by molar-refractivity contribution is 5.92. The van der Waals surface area contributed by atoms with Crippen molar-refractivity contribution < 1.29 is 18.7 Å². The Bertz CT molecular complexity index is 949. The van der Waals surface area contributed by atoms with Gasteiger partial charge in [-0.15, -0.1) is 0 Å². The molecule has 32 heavy (non-hydrogen) atoms. The molecule has 3 rings (SSSR count). The van der Waals surface area contributed by atoms with E-state index in [0.717, 1.165) is 25.7 Å². The number of pyridine rings is 1. The molecule has 1 N–H and O–H groups in total. The van der Waals surface area contributed by atoms with E-state index >= 15 is 0 Å². The number of carbonyl (C=O) groups excluding carboxylic acids is 2. The molecule has 2 unspecified atom stereocenters. The molecule has 1 aliphatic rings. The highest BCUT2D eigenvalue weighted by Crippen LogP contribution is 2.26. The van der Waals surface area contributed by atoms with Crippen molar-refractivity contribution in [3.8, 4) is 11.5 Å². The Morgan fingerprint density at radius 2 is 2.16 bits per heavy atom. The molecular weight excluding hydrogens is 409 g/mol.